The van der Waals surface area contributed by atoms with Crippen LogP contribution in [0.15, 0.2) is 16.9 Å². The van der Waals surface area contributed by atoms with Gasteiger partial charge in [0.15, 0.2) is 0 Å². The second-order valence-corrected chi connectivity index (χ2v) is 2.81. The molecule has 0 bridgehead atoms. The summed E-state index contributed by atoms with van der Waals surface area (Å²) in [7, 11) is 0. The summed E-state index contributed by atoms with van der Waals surface area (Å²) in [4.78, 5) is 0. The lowest BCUT2D eigenvalue weighted by Crippen LogP contribution is -2.19. The molecule has 0 aliphatic heterocycles. The maximum atomic E-state index is 9.11. The molecule has 0 aromatic rings. The molecule has 0 radical (unpaired) electrons. The monoisotopic (exact) mass is 170 g/mol. The van der Waals surface area contributed by atoms with Gasteiger partial charge < -0.3 is 10.5 Å². The van der Waals surface area contributed by atoms with Crippen LogP contribution in [0, 0.1) is 0 Å². The highest BCUT2D eigenvalue weighted by Gasteiger charge is 1.96. The van der Waals surface area contributed by atoms with Gasteiger partial charge in [0.25, 0.3) is 0 Å². The van der Waals surface area contributed by atoms with E-state index in [2.05, 4.69) is 17.2 Å². The van der Waals surface area contributed by atoms with Gasteiger partial charge in [-0.25, -0.2) is 0 Å². The quantitative estimate of drug-likeness (QED) is 0.364. The van der Waals surface area contributed by atoms with E-state index in [1.54, 1.807) is 0 Å². The Bertz CT molecular complexity index is 155. The van der Waals surface area contributed by atoms with Crippen LogP contribution in [-0.4, -0.2) is 17.9 Å². The molecule has 0 saturated carbocycles. The normalized spacial score (nSPS) is 14.0. The molecule has 2 N–H and O–H groups in total. The fraction of sp³-hybridized carbons (Fsp3) is 0.667. The molecule has 3 heteroatoms. The van der Waals surface area contributed by atoms with Crippen molar-refractivity contribution < 1.29 is 5.11 Å². The van der Waals surface area contributed by atoms with Gasteiger partial charge in [-0.3, -0.25) is 0 Å². The van der Waals surface area contributed by atoms with Crippen LogP contribution in [0.3, 0.4) is 0 Å². The summed E-state index contributed by atoms with van der Waals surface area (Å²) in [6.07, 6.45) is 4.40. The summed E-state index contributed by atoms with van der Waals surface area (Å²) in [5, 5.41) is 12.7. The largest absolute Gasteiger partial charge is 0.513 e. The Morgan fingerprint density at radius 2 is 2.42 bits per heavy atom. The number of rotatable bonds is 6. The van der Waals surface area contributed by atoms with Crippen molar-refractivity contribution >= 4 is 6.72 Å². The topological polar surface area (TPSA) is 44.6 Å². The molecule has 0 spiro atoms. The lowest BCUT2D eigenvalue weighted by atomic mass is 10.2. The highest BCUT2D eigenvalue weighted by atomic mass is 16.3. The lowest BCUT2D eigenvalue weighted by molar-refractivity contribution is 0.390. The zero-order valence-electron chi connectivity index (χ0n) is 7.88. The first kappa shape index (κ1) is 11.0. The minimum Gasteiger partial charge on any atom is -0.513 e. The van der Waals surface area contributed by atoms with Crippen molar-refractivity contribution in [2.45, 2.75) is 39.2 Å². The first-order valence-corrected chi connectivity index (χ1v) is 4.30. The van der Waals surface area contributed by atoms with Crippen molar-refractivity contribution in [2.24, 2.45) is 5.10 Å². The second kappa shape index (κ2) is 6.70. The Kier molecular flexibility index (Phi) is 6.15. The van der Waals surface area contributed by atoms with Crippen LogP contribution in [0.25, 0.3) is 0 Å². The Labute approximate surface area is 74.2 Å². The zero-order valence-corrected chi connectivity index (χ0v) is 7.88. The van der Waals surface area contributed by atoms with Crippen LogP contribution in [0.2, 0.25) is 0 Å². The van der Waals surface area contributed by atoms with Gasteiger partial charge in [-0.15, -0.1) is 0 Å². The predicted octanol–water partition coefficient (Wildman–Crippen LogP) is 2.21. The third-order valence-corrected chi connectivity index (χ3v) is 1.65. The van der Waals surface area contributed by atoms with Crippen molar-refractivity contribution in [2.75, 3.05) is 0 Å². The van der Waals surface area contributed by atoms with E-state index in [1.165, 1.54) is 0 Å². The molecular formula is C9H18N2O. The summed E-state index contributed by atoms with van der Waals surface area (Å²) in [5.41, 5.74) is 2.84. The van der Waals surface area contributed by atoms with Crippen LogP contribution < -0.4 is 5.43 Å². The van der Waals surface area contributed by atoms with Gasteiger partial charge in [0.05, 0.1) is 5.76 Å². The molecule has 0 aromatic heterocycles. The van der Waals surface area contributed by atoms with E-state index >= 15 is 0 Å². The number of nitrogens with zero attached hydrogens (tertiary/aromatic N) is 1. The highest BCUT2D eigenvalue weighted by Crippen LogP contribution is 2.02. The van der Waals surface area contributed by atoms with Crippen molar-refractivity contribution in [1.29, 1.82) is 0 Å². The average molecular weight is 170 g/mol. The molecule has 3 nitrogen and oxygen atoms in total. The van der Waals surface area contributed by atoms with Crippen molar-refractivity contribution in [3.8, 4) is 0 Å². The zero-order chi connectivity index (χ0) is 9.40. The third-order valence-electron chi connectivity index (χ3n) is 1.65. The second-order valence-electron chi connectivity index (χ2n) is 2.81. The number of aliphatic hydroxyl groups is 1. The summed E-state index contributed by atoms with van der Waals surface area (Å²) in [5.74, 6) is 0.466. The standard InChI is InChI=1S/C9H18N2O/c1-4-9(12)7-5-6-8(2)11-10-3/h7-8,11-12H,3-6H2,1-2H3/b9-7+. The molecule has 0 aliphatic carbocycles. The van der Waals surface area contributed by atoms with Crippen LogP contribution in [0.1, 0.15) is 33.1 Å². The van der Waals surface area contributed by atoms with E-state index in [4.69, 9.17) is 5.11 Å². The molecule has 0 aliphatic rings. The van der Waals surface area contributed by atoms with Gasteiger partial charge in [-0.05, 0) is 25.8 Å². The molecule has 0 aromatic carbocycles. The summed E-state index contributed by atoms with van der Waals surface area (Å²) in [6.45, 7) is 7.30. The number of hydrogen-bond acceptors (Lipinski definition) is 3. The molecule has 12 heavy (non-hydrogen) atoms. The Balaban J connectivity index is 3.47. The highest BCUT2D eigenvalue weighted by molar-refractivity contribution is 5.22. The van der Waals surface area contributed by atoms with Crippen molar-refractivity contribution in [3.63, 3.8) is 0 Å². The van der Waals surface area contributed by atoms with E-state index < -0.39 is 0 Å². The van der Waals surface area contributed by atoms with Crippen molar-refractivity contribution in [3.05, 3.63) is 11.8 Å². The first-order valence-electron chi connectivity index (χ1n) is 4.30. The molecule has 0 saturated heterocycles. The Morgan fingerprint density at radius 3 is 2.92 bits per heavy atom. The fourth-order valence-electron chi connectivity index (χ4n) is 0.865. The van der Waals surface area contributed by atoms with E-state index in [0.717, 1.165) is 12.8 Å². The van der Waals surface area contributed by atoms with Crippen LogP contribution >= 0.6 is 0 Å². The Hall–Kier alpha value is -0.990. The van der Waals surface area contributed by atoms with Gasteiger partial charge in [0, 0.05) is 19.2 Å². The number of allylic oxidation sites excluding steroid dienone is 2. The smallest absolute Gasteiger partial charge is 0.0880 e. The van der Waals surface area contributed by atoms with Crippen LogP contribution in [-0.2, 0) is 0 Å². The van der Waals surface area contributed by atoms with Crippen LogP contribution in [0.5, 0.6) is 0 Å². The molecule has 0 fully saturated rings. The first-order chi connectivity index (χ1) is 5.70. The number of hydrogen-bond donors (Lipinski definition) is 2. The minimum atomic E-state index is 0.323. The van der Waals surface area contributed by atoms with Gasteiger partial charge in [0.2, 0.25) is 0 Å². The molecular weight excluding hydrogens is 152 g/mol. The minimum absolute atomic E-state index is 0.323. The maximum absolute atomic E-state index is 9.11. The predicted molar refractivity (Wildman–Crippen MR) is 52.4 cm³/mol. The van der Waals surface area contributed by atoms with Gasteiger partial charge in [0.1, 0.15) is 0 Å². The lowest BCUT2D eigenvalue weighted by Gasteiger charge is -2.07. The van der Waals surface area contributed by atoms with Gasteiger partial charge >= 0.3 is 0 Å². The van der Waals surface area contributed by atoms with E-state index in [9.17, 15) is 0 Å². The molecule has 1 atom stereocenters. The van der Waals surface area contributed by atoms with E-state index in [0.29, 0.717) is 18.2 Å². The van der Waals surface area contributed by atoms with Gasteiger partial charge in [-0.1, -0.05) is 6.92 Å². The maximum Gasteiger partial charge on any atom is 0.0880 e. The summed E-state index contributed by atoms with van der Waals surface area (Å²) < 4.78 is 0. The molecule has 70 valence electrons. The number of hydrazone groups is 1. The molecule has 0 heterocycles. The van der Waals surface area contributed by atoms with Crippen molar-refractivity contribution in [1.82, 2.24) is 5.43 Å². The Morgan fingerprint density at radius 1 is 1.75 bits per heavy atom. The SMILES string of the molecule is C=NNC(C)CC/C=C(/O)CC. The molecule has 0 rings (SSSR count). The van der Waals surface area contributed by atoms with E-state index in [-0.39, 0.29) is 0 Å². The molecule has 1 unspecified atom stereocenters. The average Bonchev–Trinajstić information content (AvgIpc) is 2.04. The summed E-state index contributed by atoms with van der Waals surface area (Å²) in [6, 6.07) is 0.323. The van der Waals surface area contributed by atoms with Crippen LogP contribution in [0.4, 0.5) is 0 Å². The third kappa shape index (κ3) is 5.77. The van der Waals surface area contributed by atoms with Gasteiger partial charge in [-0.2, -0.15) is 5.10 Å². The summed E-state index contributed by atoms with van der Waals surface area (Å²) >= 11 is 0. The molecule has 0 amide bonds. The number of nitrogens with one attached hydrogen (secondary N) is 1. The number of aliphatic hydroxyl groups excluding tert-OH is 1. The van der Waals surface area contributed by atoms with E-state index in [1.807, 2.05) is 19.9 Å². The fourth-order valence-corrected chi connectivity index (χ4v) is 0.865.